The van der Waals surface area contributed by atoms with Crippen molar-refractivity contribution in [3.05, 3.63) is 33.9 Å². The summed E-state index contributed by atoms with van der Waals surface area (Å²) in [6.45, 7) is 2.27. The Bertz CT molecular complexity index is 476. The van der Waals surface area contributed by atoms with Crippen LogP contribution in [0.3, 0.4) is 0 Å². The summed E-state index contributed by atoms with van der Waals surface area (Å²) in [4.78, 5) is 23.9. The standard InChI is InChI=1S/C12H17N3O4/c1-3-13-10-6-4-5-9(11(10)15(18)19)12(17)14(2)7-8-16/h4-6,13,16H,3,7-8H2,1-2H3. The Hall–Kier alpha value is -2.15. The molecule has 0 fully saturated rings. The number of aliphatic hydroxyl groups excluding tert-OH is 1. The summed E-state index contributed by atoms with van der Waals surface area (Å²) in [6.07, 6.45) is 0. The summed E-state index contributed by atoms with van der Waals surface area (Å²) in [7, 11) is 1.49. The molecule has 0 aliphatic heterocycles. The Morgan fingerprint density at radius 1 is 1.53 bits per heavy atom. The molecular formula is C12H17N3O4. The van der Waals surface area contributed by atoms with Crippen LogP contribution >= 0.6 is 0 Å². The number of hydrogen-bond donors (Lipinski definition) is 2. The minimum Gasteiger partial charge on any atom is -0.395 e. The van der Waals surface area contributed by atoms with Gasteiger partial charge in [0.15, 0.2) is 0 Å². The van der Waals surface area contributed by atoms with Gasteiger partial charge in [0, 0.05) is 20.1 Å². The van der Waals surface area contributed by atoms with Gasteiger partial charge in [-0.25, -0.2) is 0 Å². The maximum Gasteiger partial charge on any atom is 0.305 e. The van der Waals surface area contributed by atoms with Crippen LogP contribution in [0, 0.1) is 10.1 Å². The van der Waals surface area contributed by atoms with Gasteiger partial charge in [0.1, 0.15) is 11.3 Å². The lowest BCUT2D eigenvalue weighted by Gasteiger charge is -2.16. The van der Waals surface area contributed by atoms with Gasteiger partial charge in [-0.05, 0) is 19.1 Å². The Kier molecular flexibility index (Phi) is 5.25. The predicted molar refractivity (Wildman–Crippen MR) is 71.3 cm³/mol. The van der Waals surface area contributed by atoms with E-state index in [1.807, 2.05) is 6.92 Å². The average molecular weight is 267 g/mol. The number of anilines is 1. The van der Waals surface area contributed by atoms with Crippen molar-refractivity contribution in [2.75, 3.05) is 32.1 Å². The van der Waals surface area contributed by atoms with Crippen molar-refractivity contribution < 1.29 is 14.8 Å². The molecule has 0 saturated heterocycles. The van der Waals surface area contributed by atoms with Gasteiger partial charge in [-0.3, -0.25) is 14.9 Å². The number of likely N-dealkylation sites (N-methyl/N-ethyl adjacent to an activating group) is 1. The summed E-state index contributed by atoms with van der Waals surface area (Å²) >= 11 is 0. The maximum atomic E-state index is 12.1. The summed E-state index contributed by atoms with van der Waals surface area (Å²) < 4.78 is 0. The van der Waals surface area contributed by atoms with Crippen LogP contribution in [0.2, 0.25) is 0 Å². The van der Waals surface area contributed by atoms with Crippen LogP contribution in [0.15, 0.2) is 18.2 Å². The maximum absolute atomic E-state index is 12.1. The first-order chi connectivity index (χ1) is 9.02. The lowest BCUT2D eigenvalue weighted by molar-refractivity contribution is -0.384. The highest BCUT2D eigenvalue weighted by atomic mass is 16.6. The van der Waals surface area contributed by atoms with Crippen LogP contribution in [0.4, 0.5) is 11.4 Å². The monoisotopic (exact) mass is 267 g/mol. The minimum atomic E-state index is -0.571. The molecule has 1 rings (SSSR count). The molecule has 0 aromatic heterocycles. The van der Waals surface area contributed by atoms with Gasteiger partial charge in [-0.1, -0.05) is 6.07 Å². The molecule has 0 atom stereocenters. The van der Waals surface area contributed by atoms with E-state index in [0.717, 1.165) is 0 Å². The Labute approximate surface area is 111 Å². The molecule has 0 bridgehead atoms. The lowest BCUT2D eigenvalue weighted by Crippen LogP contribution is -2.30. The number of carbonyl (C=O) groups is 1. The normalized spacial score (nSPS) is 10.1. The van der Waals surface area contributed by atoms with E-state index in [2.05, 4.69) is 5.32 Å². The van der Waals surface area contributed by atoms with Crippen molar-refractivity contribution >= 4 is 17.3 Å². The quantitative estimate of drug-likeness (QED) is 0.594. The first kappa shape index (κ1) is 14.9. The number of rotatable bonds is 6. The Balaban J connectivity index is 3.23. The molecule has 0 saturated carbocycles. The minimum absolute atomic E-state index is 0.0133. The second kappa shape index (κ2) is 6.69. The molecule has 0 unspecified atom stereocenters. The fourth-order valence-electron chi connectivity index (χ4n) is 1.70. The first-order valence-electron chi connectivity index (χ1n) is 5.90. The number of hydrogen-bond acceptors (Lipinski definition) is 5. The number of aliphatic hydroxyl groups is 1. The number of nitrogens with zero attached hydrogens (tertiary/aromatic N) is 2. The van der Waals surface area contributed by atoms with Crippen molar-refractivity contribution in [1.82, 2.24) is 4.90 Å². The van der Waals surface area contributed by atoms with Gasteiger partial charge in [0.25, 0.3) is 5.91 Å². The lowest BCUT2D eigenvalue weighted by atomic mass is 10.1. The second-order valence-corrected chi connectivity index (χ2v) is 3.94. The van der Waals surface area contributed by atoms with E-state index in [1.54, 1.807) is 12.1 Å². The zero-order valence-corrected chi connectivity index (χ0v) is 10.9. The molecule has 1 aromatic carbocycles. The van der Waals surface area contributed by atoms with Crippen molar-refractivity contribution in [1.29, 1.82) is 0 Å². The fraction of sp³-hybridized carbons (Fsp3) is 0.417. The third-order valence-corrected chi connectivity index (χ3v) is 2.60. The fourth-order valence-corrected chi connectivity index (χ4v) is 1.70. The molecule has 7 nitrogen and oxygen atoms in total. The van der Waals surface area contributed by atoms with Crippen LogP contribution in [0.1, 0.15) is 17.3 Å². The number of nitro benzene ring substituents is 1. The molecule has 7 heteroatoms. The van der Waals surface area contributed by atoms with Gasteiger partial charge < -0.3 is 15.3 Å². The van der Waals surface area contributed by atoms with Gasteiger partial charge >= 0.3 is 5.69 Å². The Morgan fingerprint density at radius 3 is 2.74 bits per heavy atom. The van der Waals surface area contributed by atoms with E-state index in [9.17, 15) is 14.9 Å². The van der Waals surface area contributed by atoms with Crippen LogP contribution in [-0.2, 0) is 0 Å². The van der Waals surface area contributed by atoms with Crippen LogP contribution in [0.5, 0.6) is 0 Å². The van der Waals surface area contributed by atoms with Crippen molar-refractivity contribution in [2.45, 2.75) is 6.92 Å². The third kappa shape index (κ3) is 3.41. The van der Waals surface area contributed by atoms with Crippen molar-refractivity contribution in [2.24, 2.45) is 0 Å². The third-order valence-electron chi connectivity index (χ3n) is 2.60. The molecule has 1 amide bonds. The molecule has 0 aliphatic rings. The summed E-state index contributed by atoms with van der Waals surface area (Å²) in [6, 6.07) is 4.56. The van der Waals surface area contributed by atoms with Crippen LogP contribution in [0.25, 0.3) is 0 Å². The number of nitrogens with one attached hydrogen (secondary N) is 1. The summed E-state index contributed by atoms with van der Waals surface area (Å²) in [5, 5.41) is 22.8. The van der Waals surface area contributed by atoms with Crippen LogP contribution < -0.4 is 5.32 Å². The van der Waals surface area contributed by atoms with Gasteiger partial charge in [-0.15, -0.1) is 0 Å². The first-order valence-corrected chi connectivity index (χ1v) is 5.90. The number of amides is 1. The Morgan fingerprint density at radius 2 is 2.21 bits per heavy atom. The van der Waals surface area contributed by atoms with Crippen molar-refractivity contribution in [3.63, 3.8) is 0 Å². The van der Waals surface area contributed by atoms with Gasteiger partial charge in [-0.2, -0.15) is 0 Å². The zero-order chi connectivity index (χ0) is 14.4. The number of benzene rings is 1. The average Bonchev–Trinajstić information content (AvgIpc) is 2.38. The molecule has 1 aromatic rings. The van der Waals surface area contributed by atoms with Crippen LogP contribution in [-0.4, -0.2) is 47.6 Å². The number of nitro groups is 1. The topological polar surface area (TPSA) is 95.7 Å². The van der Waals surface area contributed by atoms with E-state index >= 15 is 0 Å². The SMILES string of the molecule is CCNc1cccc(C(=O)N(C)CCO)c1[N+](=O)[O-]. The molecule has 0 heterocycles. The van der Waals surface area contributed by atoms with E-state index in [-0.39, 0.29) is 24.4 Å². The largest absolute Gasteiger partial charge is 0.395 e. The molecule has 19 heavy (non-hydrogen) atoms. The molecule has 0 radical (unpaired) electrons. The van der Waals surface area contributed by atoms with E-state index in [0.29, 0.717) is 12.2 Å². The summed E-state index contributed by atoms with van der Waals surface area (Å²) in [5.74, 6) is -0.486. The van der Waals surface area contributed by atoms with E-state index in [4.69, 9.17) is 5.11 Å². The second-order valence-electron chi connectivity index (χ2n) is 3.94. The summed E-state index contributed by atoms with van der Waals surface area (Å²) in [5.41, 5.74) is 0.0919. The molecule has 2 N–H and O–H groups in total. The highest BCUT2D eigenvalue weighted by molar-refractivity contribution is 6.00. The molecule has 0 aliphatic carbocycles. The van der Waals surface area contributed by atoms with E-state index < -0.39 is 10.8 Å². The molecule has 0 spiro atoms. The van der Waals surface area contributed by atoms with Crippen molar-refractivity contribution in [3.8, 4) is 0 Å². The van der Waals surface area contributed by atoms with E-state index in [1.165, 1.54) is 18.0 Å². The number of para-hydroxylation sites is 1. The predicted octanol–water partition coefficient (Wildman–Crippen LogP) is 1.09. The zero-order valence-electron chi connectivity index (χ0n) is 10.9. The number of carbonyl (C=O) groups excluding carboxylic acids is 1. The van der Waals surface area contributed by atoms with Gasteiger partial charge in [0.2, 0.25) is 0 Å². The highest BCUT2D eigenvalue weighted by Gasteiger charge is 2.26. The van der Waals surface area contributed by atoms with Gasteiger partial charge in [0.05, 0.1) is 11.5 Å². The molecule has 104 valence electrons. The highest BCUT2D eigenvalue weighted by Crippen LogP contribution is 2.29. The smallest absolute Gasteiger partial charge is 0.305 e. The molecular weight excluding hydrogens is 250 g/mol.